The van der Waals surface area contributed by atoms with Crippen LogP contribution in [0.1, 0.15) is 20.3 Å². The van der Waals surface area contributed by atoms with Crippen molar-refractivity contribution in [1.29, 1.82) is 0 Å². The van der Waals surface area contributed by atoms with E-state index in [1.165, 1.54) is 0 Å². The van der Waals surface area contributed by atoms with Crippen molar-refractivity contribution in [1.82, 2.24) is 4.90 Å². The first-order valence-electron chi connectivity index (χ1n) is 4.77. The summed E-state index contributed by atoms with van der Waals surface area (Å²) in [4.78, 5) is 13.3. The Labute approximate surface area is 78.5 Å². The zero-order chi connectivity index (χ0) is 9.84. The number of esters is 1. The fraction of sp³-hybridized carbons (Fsp3) is 0.889. The van der Waals surface area contributed by atoms with Gasteiger partial charge in [-0.05, 0) is 13.5 Å². The van der Waals surface area contributed by atoms with E-state index in [2.05, 4.69) is 0 Å². The van der Waals surface area contributed by atoms with Crippen molar-refractivity contribution < 1.29 is 14.6 Å². The van der Waals surface area contributed by atoms with Gasteiger partial charge in [0.25, 0.3) is 0 Å². The molecule has 1 aliphatic heterocycles. The zero-order valence-corrected chi connectivity index (χ0v) is 8.19. The minimum Gasteiger partial charge on any atom is -0.465 e. The van der Waals surface area contributed by atoms with Gasteiger partial charge in [0.2, 0.25) is 0 Å². The predicted octanol–water partition coefficient (Wildman–Crippen LogP) is 0.00460. The Morgan fingerprint density at radius 1 is 1.62 bits per heavy atom. The lowest BCUT2D eigenvalue weighted by molar-refractivity contribution is -0.148. The van der Waals surface area contributed by atoms with E-state index in [-0.39, 0.29) is 18.1 Å². The van der Waals surface area contributed by atoms with Crippen LogP contribution in [0.2, 0.25) is 0 Å². The van der Waals surface area contributed by atoms with Gasteiger partial charge in [-0.25, -0.2) is 0 Å². The molecule has 1 aliphatic rings. The van der Waals surface area contributed by atoms with Crippen LogP contribution in [0.15, 0.2) is 0 Å². The molecule has 0 saturated carbocycles. The normalized spacial score (nSPS) is 29.2. The number of aliphatic hydroxyl groups excluding tert-OH is 1. The van der Waals surface area contributed by atoms with Gasteiger partial charge < -0.3 is 9.84 Å². The molecule has 4 nitrogen and oxygen atoms in total. The molecule has 1 fully saturated rings. The molecule has 2 atom stereocenters. The smallest absolute Gasteiger partial charge is 0.323 e. The van der Waals surface area contributed by atoms with Crippen LogP contribution in [0.3, 0.4) is 0 Å². The van der Waals surface area contributed by atoms with Crippen molar-refractivity contribution in [3.63, 3.8) is 0 Å². The first kappa shape index (κ1) is 10.5. The van der Waals surface area contributed by atoms with Crippen molar-refractivity contribution in [2.24, 2.45) is 0 Å². The van der Waals surface area contributed by atoms with E-state index in [0.29, 0.717) is 19.6 Å². The molecule has 0 radical (unpaired) electrons. The highest BCUT2D eigenvalue weighted by Crippen LogP contribution is 2.18. The van der Waals surface area contributed by atoms with Crippen LogP contribution < -0.4 is 0 Å². The fourth-order valence-electron chi connectivity index (χ4n) is 1.71. The van der Waals surface area contributed by atoms with E-state index in [1.807, 2.05) is 11.8 Å². The molecule has 4 heteroatoms. The Balaban J connectivity index is 2.52. The second-order valence-electron chi connectivity index (χ2n) is 3.24. The van der Waals surface area contributed by atoms with Crippen molar-refractivity contribution in [3.8, 4) is 0 Å². The number of hydrogen-bond donors (Lipinski definition) is 1. The maximum Gasteiger partial charge on any atom is 0.323 e. The molecule has 1 saturated heterocycles. The van der Waals surface area contributed by atoms with Gasteiger partial charge in [0, 0.05) is 13.0 Å². The fourth-order valence-corrected chi connectivity index (χ4v) is 1.71. The van der Waals surface area contributed by atoms with E-state index in [1.54, 1.807) is 6.92 Å². The average molecular weight is 187 g/mol. The molecule has 1 heterocycles. The predicted molar refractivity (Wildman–Crippen MR) is 48.3 cm³/mol. The van der Waals surface area contributed by atoms with Crippen LogP contribution in [0.4, 0.5) is 0 Å². The van der Waals surface area contributed by atoms with E-state index in [9.17, 15) is 9.90 Å². The van der Waals surface area contributed by atoms with Gasteiger partial charge >= 0.3 is 5.97 Å². The summed E-state index contributed by atoms with van der Waals surface area (Å²) >= 11 is 0. The molecule has 0 bridgehead atoms. The Morgan fingerprint density at radius 3 is 2.85 bits per heavy atom. The molecule has 0 aliphatic carbocycles. The molecular formula is C9H17NO3. The number of hydrogen-bond acceptors (Lipinski definition) is 4. The molecule has 76 valence electrons. The lowest BCUT2D eigenvalue weighted by atomic mass is 10.2. The lowest BCUT2D eigenvalue weighted by Crippen LogP contribution is -2.37. The molecule has 13 heavy (non-hydrogen) atoms. The quantitative estimate of drug-likeness (QED) is 0.632. The van der Waals surface area contributed by atoms with Gasteiger partial charge in [-0.2, -0.15) is 0 Å². The zero-order valence-electron chi connectivity index (χ0n) is 8.19. The Hall–Kier alpha value is -0.610. The minimum atomic E-state index is -0.380. The lowest BCUT2D eigenvalue weighted by Gasteiger charge is -2.19. The highest BCUT2D eigenvalue weighted by Gasteiger charge is 2.35. The number of carbonyl (C=O) groups is 1. The molecule has 0 aromatic heterocycles. The van der Waals surface area contributed by atoms with Gasteiger partial charge in [0.15, 0.2) is 0 Å². The summed E-state index contributed by atoms with van der Waals surface area (Å²) in [7, 11) is 0. The van der Waals surface area contributed by atoms with Gasteiger partial charge in [-0.3, -0.25) is 9.69 Å². The number of aliphatic hydroxyl groups is 1. The third-order valence-corrected chi connectivity index (χ3v) is 2.35. The number of β-amino-alcohol motifs (C(OH)–C–C–N with tert-alkyl or cyclic N) is 1. The highest BCUT2D eigenvalue weighted by atomic mass is 16.5. The Kier molecular flexibility index (Phi) is 3.69. The Morgan fingerprint density at radius 2 is 2.31 bits per heavy atom. The van der Waals surface area contributed by atoms with Gasteiger partial charge in [-0.1, -0.05) is 6.92 Å². The summed E-state index contributed by atoms with van der Waals surface area (Å²) in [6.45, 7) is 5.54. The van der Waals surface area contributed by atoms with E-state index >= 15 is 0 Å². The van der Waals surface area contributed by atoms with Crippen LogP contribution >= 0.6 is 0 Å². The van der Waals surface area contributed by atoms with E-state index < -0.39 is 0 Å². The first-order chi connectivity index (χ1) is 6.19. The molecule has 0 aromatic rings. The number of carbonyl (C=O) groups excluding carboxylic acids is 1. The maximum absolute atomic E-state index is 11.4. The van der Waals surface area contributed by atoms with Gasteiger partial charge in [0.05, 0.1) is 12.7 Å². The van der Waals surface area contributed by atoms with Crippen LogP contribution in [0.5, 0.6) is 0 Å². The molecule has 0 aromatic carbocycles. The first-order valence-corrected chi connectivity index (χ1v) is 4.77. The Bertz CT molecular complexity index is 184. The number of rotatable bonds is 3. The third-order valence-electron chi connectivity index (χ3n) is 2.35. The second-order valence-corrected chi connectivity index (χ2v) is 3.24. The second kappa shape index (κ2) is 4.58. The number of ether oxygens (including phenoxy) is 1. The van der Waals surface area contributed by atoms with Crippen molar-refractivity contribution in [2.45, 2.75) is 32.4 Å². The van der Waals surface area contributed by atoms with Crippen LogP contribution in [0.25, 0.3) is 0 Å². The molecular weight excluding hydrogens is 170 g/mol. The topological polar surface area (TPSA) is 49.8 Å². The standard InChI is InChI=1S/C9H17NO3/c1-3-10-6-7(11)5-8(10)9(12)13-4-2/h7-8,11H,3-6H2,1-2H3/t7-,8+/m0/s1. The highest BCUT2D eigenvalue weighted by molar-refractivity contribution is 5.76. The largest absolute Gasteiger partial charge is 0.465 e. The van der Waals surface area contributed by atoms with E-state index in [0.717, 1.165) is 6.54 Å². The summed E-state index contributed by atoms with van der Waals surface area (Å²) in [5, 5.41) is 9.37. The summed E-state index contributed by atoms with van der Waals surface area (Å²) in [6.07, 6.45) is 0.126. The number of likely N-dealkylation sites (tertiary alicyclic amines) is 1. The summed E-state index contributed by atoms with van der Waals surface area (Å²) in [6, 6.07) is -0.236. The monoisotopic (exact) mass is 187 g/mol. The van der Waals surface area contributed by atoms with Crippen LogP contribution in [-0.2, 0) is 9.53 Å². The minimum absolute atomic E-state index is 0.207. The summed E-state index contributed by atoms with van der Waals surface area (Å²) in [5.41, 5.74) is 0. The van der Waals surface area contributed by atoms with Crippen molar-refractivity contribution in [3.05, 3.63) is 0 Å². The molecule has 1 N–H and O–H groups in total. The van der Waals surface area contributed by atoms with Crippen molar-refractivity contribution >= 4 is 5.97 Å². The number of likely N-dealkylation sites (N-methyl/N-ethyl adjacent to an activating group) is 1. The SMILES string of the molecule is CCOC(=O)[C@H]1C[C@H](O)CN1CC. The summed E-state index contributed by atoms with van der Waals surface area (Å²) < 4.78 is 4.91. The molecule has 0 unspecified atom stereocenters. The van der Waals surface area contributed by atoms with Gasteiger partial charge in [-0.15, -0.1) is 0 Å². The van der Waals surface area contributed by atoms with Gasteiger partial charge in [0.1, 0.15) is 6.04 Å². The molecule has 0 spiro atoms. The van der Waals surface area contributed by atoms with E-state index in [4.69, 9.17) is 4.74 Å². The summed E-state index contributed by atoms with van der Waals surface area (Å²) in [5.74, 6) is -0.207. The van der Waals surface area contributed by atoms with Crippen LogP contribution in [0, 0.1) is 0 Å². The molecule has 1 rings (SSSR count). The number of nitrogens with zero attached hydrogens (tertiary/aromatic N) is 1. The maximum atomic E-state index is 11.4. The van der Waals surface area contributed by atoms with Crippen LogP contribution in [-0.4, -0.2) is 47.8 Å². The van der Waals surface area contributed by atoms with Crippen molar-refractivity contribution in [2.75, 3.05) is 19.7 Å². The molecule has 0 amide bonds. The average Bonchev–Trinajstić information content (AvgIpc) is 2.47. The third kappa shape index (κ3) is 2.42.